The highest BCUT2D eigenvalue weighted by Gasteiger charge is 2.32. The Morgan fingerprint density at radius 3 is 2.46 bits per heavy atom. The van der Waals surface area contributed by atoms with Gasteiger partial charge in [0.25, 0.3) is 5.56 Å². The van der Waals surface area contributed by atoms with Gasteiger partial charge in [0.15, 0.2) is 0 Å². The number of aromatic nitrogens is 2. The number of hydrogen-bond donors (Lipinski definition) is 0. The van der Waals surface area contributed by atoms with Crippen molar-refractivity contribution >= 4 is 20.9 Å². The molecule has 1 fully saturated rings. The Labute approximate surface area is 160 Å². The maximum absolute atomic E-state index is 13.9. The second kappa shape index (κ2) is 7.06. The molecule has 0 amide bonds. The standard InChI is InChI=1S/C19H17F2N3O3S/c20-13-5-6-17-15(11-13)19(25)24(12-22-17)14-7-9-23(10-8-14)28(26,27)18-4-2-1-3-16(18)21/h1-6,11-12,14H,7-10H2. The first-order valence-corrected chi connectivity index (χ1v) is 10.2. The molecule has 1 aromatic heterocycles. The molecule has 6 nitrogen and oxygen atoms in total. The molecule has 2 aromatic carbocycles. The van der Waals surface area contributed by atoms with Crippen LogP contribution in [0.5, 0.6) is 0 Å². The largest absolute Gasteiger partial charge is 0.296 e. The van der Waals surface area contributed by atoms with E-state index in [1.165, 1.54) is 45.5 Å². The van der Waals surface area contributed by atoms with Gasteiger partial charge in [-0.25, -0.2) is 22.2 Å². The third-order valence-corrected chi connectivity index (χ3v) is 6.95. The van der Waals surface area contributed by atoms with E-state index < -0.39 is 21.7 Å². The van der Waals surface area contributed by atoms with Gasteiger partial charge in [-0.15, -0.1) is 0 Å². The van der Waals surface area contributed by atoms with Crippen LogP contribution in [0.4, 0.5) is 8.78 Å². The molecule has 1 aliphatic rings. The van der Waals surface area contributed by atoms with Crippen LogP contribution in [0.15, 0.2) is 58.5 Å². The average Bonchev–Trinajstić information content (AvgIpc) is 2.69. The van der Waals surface area contributed by atoms with E-state index in [1.54, 1.807) is 0 Å². The van der Waals surface area contributed by atoms with Gasteiger partial charge in [-0.05, 0) is 43.2 Å². The first-order chi connectivity index (χ1) is 13.4. The summed E-state index contributed by atoms with van der Waals surface area (Å²) in [6.07, 6.45) is 2.15. The second-order valence-electron chi connectivity index (χ2n) is 6.68. The van der Waals surface area contributed by atoms with Gasteiger partial charge in [-0.3, -0.25) is 9.36 Å². The number of rotatable bonds is 3. The van der Waals surface area contributed by atoms with Gasteiger partial charge in [0.2, 0.25) is 10.0 Å². The summed E-state index contributed by atoms with van der Waals surface area (Å²) in [4.78, 5) is 16.5. The third kappa shape index (κ3) is 3.20. The van der Waals surface area contributed by atoms with Crippen LogP contribution >= 0.6 is 0 Å². The third-order valence-electron chi connectivity index (χ3n) is 5.02. The summed E-state index contributed by atoms with van der Waals surface area (Å²) >= 11 is 0. The summed E-state index contributed by atoms with van der Waals surface area (Å²) in [5.41, 5.74) is 0.0436. The van der Waals surface area contributed by atoms with E-state index in [-0.39, 0.29) is 35.0 Å². The lowest BCUT2D eigenvalue weighted by molar-refractivity contribution is 0.269. The average molecular weight is 405 g/mol. The molecule has 146 valence electrons. The van der Waals surface area contributed by atoms with Gasteiger partial charge in [0.1, 0.15) is 16.5 Å². The summed E-state index contributed by atoms with van der Waals surface area (Å²) in [6.45, 7) is 0.296. The Balaban J connectivity index is 1.58. The van der Waals surface area contributed by atoms with Crippen molar-refractivity contribution in [3.8, 4) is 0 Å². The van der Waals surface area contributed by atoms with Crippen LogP contribution in [0.3, 0.4) is 0 Å². The fourth-order valence-electron chi connectivity index (χ4n) is 3.52. The van der Waals surface area contributed by atoms with E-state index in [9.17, 15) is 22.0 Å². The van der Waals surface area contributed by atoms with Crippen molar-refractivity contribution in [2.24, 2.45) is 0 Å². The van der Waals surface area contributed by atoms with Crippen LogP contribution in [0.2, 0.25) is 0 Å². The van der Waals surface area contributed by atoms with Crippen molar-refractivity contribution < 1.29 is 17.2 Å². The van der Waals surface area contributed by atoms with Gasteiger partial charge < -0.3 is 0 Å². The smallest absolute Gasteiger partial charge is 0.261 e. The Kier molecular flexibility index (Phi) is 4.72. The zero-order chi connectivity index (χ0) is 19.9. The number of sulfonamides is 1. The van der Waals surface area contributed by atoms with Gasteiger partial charge in [-0.2, -0.15) is 4.31 Å². The maximum atomic E-state index is 13.9. The molecule has 0 N–H and O–H groups in total. The van der Waals surface area contributed by atoms with Crippen molar-refractivity contribution in [2.45, 2.75) is 23.8 Å². The highest BCUT2D eigenvalue weighted by atomic mass is 32.2. The van der Waals surface area contributed by atoms with E-state index in [2.05, 4.69) is 4.98 Å². The molecule has 0 atom stereocenters. The molecule has 0 unspecified atom stereocenters. The minimum absolute atomic E-state index is 0.148. The fraction of sp³-hybridized carbons (Fsp3) is 0.263. The molecule has 1 aliphatic heterocycles. The molecule has 9 heteroatoms. The van der Waals surface area contributed by atoms with E-state index >= 15 is 0 Å². The fourth-order valence-corrected chi connectivity index (χ4v) is 5.06. The van der Waals surface area contributed by atoms with E-state index in [1.807, 2.05) is 0 Å². The van der Waals surface area contributed by atoms with Crippen molar-refractivity contribution in [1.82, 2.24) is 13.9 Å². The molecule has 1 saturated heterocycles. The molecule has 0 saturated carbocycles. The van der Waals surface area contributed by atoms with Crippen molar-refractivity contribution in [1.29, 1.82) is 0 Å². The van der Waals surface area contributed by atoms with Crippen LogP contribution in [0, 0.1) is 11.6 Å². The first kappa shape index (κ1) is 18.7. The van der Waals surface area contributed by atoms with Gasteiger partial charge in [-0.1, -0.05) is 12.1 Å². The maximum Gasteiger partial charge on any atom is 0.261 e. The Hall–Kier alpha value is -2.65. The number of halogens is 2. The molecular weight excluding hydrogens is 388 g/mol. The molecule has 2 heterocycles. The minimum atomic E-state index is -3.94. The quantitative estimate of drug-likeness (QED) is 0.672. The second-order valence-corrected chi connectivity index (χ2v) is 8.59. The lowest BCUT2D eigenvalue weighted by atomic mass is 10.1. The monoisotopic (exact) mass is 405 g/mol. The molecule has 3 aromatic rings. The molecular formula is C19H17F2N3O3S. The summed E-state index contributed by atoms with van der Waals surface area (Å²) in [7, 11) is -3.94. The summed E-state index contributed by atoms with van der Waals surface area (Å²) in [5, 5.41) is 0.184. The van der Waals surface area contributed by atoms with Gasteiger partial charge >= 0.3 is 0 Å². The van der Waals surface area contributed by atoms with Crippen molar-refractivity contribution in [2.75, 3.05) is 13.1 Å². The Bertz CT molecular complexity index is 1200. The summed E-state index contributed by atoms with van der Waals surface area (Å²) in [5.74, 6) is -1.31. The number of benzene rings is 2. The van der Waals surface area contributed by atoms with Crippen LogP contribution in [-0.2, 0) is 10.0 Å². The number of nitrogens with zero attached hydrogens (tertiary/aromatic N) is 3. The predicted molar refractivity (Wildman–Crippen MR) is 99.4 cm³/mol. The molecule has 28 heavy (non-hydrogen) atoms. The Morgan fingerprint density at radius 2 is 1.75 bits per heavy atom. The lowest BCUT2D eigenvalue weighted by Gasteiger charge is -2.32. The van der Waals surface area contributed by atoms with E-state index in [0.717, 1.165) is 12.1 Å². The van der Waals surface area contributed by atoms with Crippen LogP contribution < -0.4 is 5.56 Å². The topological polar surface area (TPSA) is 72.3 Å². The molecule has 0 radical (unpaired) electrons. The highest BCUT2D eigenvalue weighted by molar-refractivity contribution is 7.89. The normalized spacial score (nSPS) is 16.5. The Morgan fingerprint density at radius 1 is 1.04 bits per heavy atom. The van der Waals surface area contributed by atoms with E-state index in [0.29, 0.717) is 18.4 Å². The minimum Gasteiger partial charge on any atom is -0.296 e. The number of piperidine rings is 1. The van der Waals surface area contributed by atoms with Gasteiger partial charge in [0, 0.05) is 19.1 Å². The van der Waals surface area contributed by atoms with Crippen LogP contribution in [0.1, 0.15) is 18.9 Å². The highest BCUT2D eigenvalue weighted by Crippen LogP contribution is 2.27. The van der Waals surface area contributed by atoms with Crippen LogP contribution in [-0.4, -0.2) is 35.4 Å². The molecule has 0 bridgehead atoms. The lowest BCUT2D eigenvalue weighted by Crippen LogP contribution is -2.41. The van der Waals surface area contributed by atoms with E-state index in [4.69, 9.17) is 0 Å². The SMILES string of the molecule is O=c1c2cc(F)ccc2ncn1C1CCN(S(=O)(=O)c2ccccc2F)CC1. The van der Waals surface area contributed by atoms with Crippen LogP contribution in [0.25, 0.3) is 10.9 Å². The number of hydrogen-bond acceptors (Lipinski definition) is 4. The van der Waals surface area contributed by atoms with Gasteiger partial charge in [0.05, 0.1) is 17.2 Å². The molecule has 4 rings (SSSR count). The number of fused-ring (bicyclic) bond motifs is 1. The summed E-state index contributed by atoms with van der Waals surface area (Å²) < 4.78 is 55.4. The van der Waals surface area contributed by atoms with Crippen molar-refractivity contribution in [3.05, 3.63) is 70.8 Å². The summed E-state index contributed by atoms with van der Waals surface area (Å²) in [6, 6.07) is 8.83. The molecule has 0 spiro atoms. The van der Waals surface area contributed by atoms with Crippen molar-refractivity contribution in [3.63, 3.8) is 0 Å². The zero-order valence-electron chi connectivity index (χ0n) is 14.8. The zero-order valence-corrected chi connectivity index (χ0v) is 15.6. The first-order valence-electron chi connectivity index (χ1n) is 8.79. The predicted octanol–water partition coefficient (Wildman–Crippen LogP) is 2.70. The molecule has 0 aliphatic carbocycles.